The predicted octanol–water partition coefficient (Wildman–Crippen LogP) is 3.43. The van der Waals surface area contributed by atoms with E-state index in [-0.39, 0.29) is 23.1 Å². The number of hydrogen-bond donors (Lipinski definition) is 3. The molecule has 2 bridgehead atoms. The van der Waals surface area contributed by atoms with Gasteiger partial charge in [0.1, 0.15) is 6.10 Å². The number of nitrogens with two attached hydrogens (primary N) is 1. The number of ether oxygens (including phenoxy) is 1. The van der Waals surface area contributed by atoms with E-state index in [0.717, 1.165) is 50.8 Å². The molecule has 4 fully saturated rings. The molecule has 3 aliphatic heterocycles. The van der Waals surface area contributed by atoms with Gasteiger partial charge in [-0.2, -0.15) is 0 Å². The van der Waals surface area contributed by atoms with Gasteiger partial charge in [0.25, 0.3) is 0 Å². The number of likely N-dealkylation sites (tertiary alicyclic amines) is 1. The van der Waals surface area contributed by atoms with Crippen molar-refractivity contribution >= 4 is 10.8 Å². The van der Waals surface area contributed by atoms with Crippen molar-refractivity contribution in [3.05, 3.63) is 65.5 Å². The number of fused-ring (bicyclic) bond motifs is 2. The topological polar surface area (TPSA) is 91.8 Å². The summed E-state index contributed by atoms with van der Waals surface area (Å²) in [6.45, 7) is 4.05. The van der Waals surface area contributed by atoms with Crippen LogP contribution in [0.1, 0.15) is 56.9 Å². The summed E-state index contributed by atoms with van der Waals surface area (Å²) >= 11 is 0. The van der Waals surface area contributed by atoms with Crippen LogP contribution in [0, 0.1) is 11.3 Å². The minimum absolute atomic E-state index is 0.106. The van der Waals surface area contributed by atoms with Crippen molar-refractivity contribution in [3.8, 4) is 0 Å². The second kappa shape index (κ2) is 7.51. The molecule has 4 heterocycles. The number of aliphatic hydroxyl groups excluding tert-OH is 2. The summed E-state index contributed by atoms with van der Waals surface area (Å²) < 4.78 is 7.33. The van der Waals surface area contributed by atoms with E-state index in [1.807, 2.05) is 12.4 Å². The third-order valence-corrected chi connectivity index (χ3v) is 11.3. The SMILES string of the molecule is C[C@]12CC=C3C=C4[C@H](O)[C@@H](O)[C@@H](N5CC(N)C5)C[C@]45CCC3(O5)[C@@H]1CC[C@@H]2c1ccc2ccncc2c1. The van der Waals surface area contributed by atoms with E-state index >= 15 is 0 Å². The van der Waals surface area contributed by atoms with Gasteiger partial charge in [0.15, 0.2) is 0 Å². The van der Waals surface area contributed by atoms with Crippen LogP contribution in [-0.4, -0.2) is 68.7 Å². The molecule has 2 aromatic rings. The predicted molar refractivity (Wildman–Crippen MR) is 142 cm³/mol. The number of nitrogens with zero attached hydrogens (tertiary/aromatic N) is 2. The third-order valence-electron chi connectivity index (χ3n) is 11.3. The van der Waals surface area contributed by atoms with Crippen LogP contribution in [0.15, 0.2) is 60.0 Å². The third kappa shape index (κ3) is 2.91. The molecule has 194 valence electrons. The molecule has 4 N–H and O–H groups in total. The average Bonchev–Trinajstić information content (AvgIpc) is 3.40. The first-order chi connectivity index (χ1) is 17.8. The van der Waals surface area contributed by atoms with Gasteiger partial charge in [0.2, 0.25) is 0 Å². The standard InChI is InChI=1S/C31H37N3O3/c1-29-8-6-21-13-24-27(35)28(36)25(34-16-22(32)17-34)14-30(24)9-10-31(21,37-30)26(29)5-4-23(29)19-3-2-18-7-11-33-15-20(18)12-19/h2-3,6-7,11-13,15,22-23,25-28,35-36H,4-5,8-10,14,16-17,32H2,1H3/t23-,25+,26-,27+,28+,29-,30-,31?/m1/s1. The van der Waals surface area contributed by atoms with Gasteiger partial charge in [0.05, 0.1) is 17.3 Å². The number of rotatable bonds is 2. The molecule has 1 aromatic carbocycles. The molecule has 8 atom stereocenters. The number of hydrogen-bond acceptors (Lipinski definition) is 6. The molecule has 6 heteroatoms. The van der Waals surface area contributed by atoms with Crippen molar-refractivity contribution in [2.45, 2.75) is 86.9 Å². The summed E-state index contributed by atoms with van der Waals surface area (Å²) in [5, 5.41) is 24.9. The summed E-state index contributed by atoms with van der Waals surface area (Å²) in [5.41, 5.74) is 8.99. The van der Waals surface area contributed by atoms with Crippen molar-refractivity contribution in [2.75, 3.05) is 13.1 Å². The zero-order valence-corrected chi connectivity index (χ0v) is 21.5. The van der Waals surface area contributed by atoms with Crippen LogP contribution in [0.25, 0.3) is 10.8 Å². The number of pyridine rings is 1. The van der Waals surface area contributed by atoms with Gasteiger partial charge in [-0.15, -0.1) is 0 Å². The summed E-state index contributed by atoms with van der Waals surface area (Å²) in [5.74, 6) is 0.917. The van der Waals surface area contributed by atoms with Gasteiger partial charge >= 0.3 is 0 Å². The first-order valence-corrected chi connectivity index (χ1v) is 14.2. The van der Waals surface area contributed by atoms with Crippen molar-refractivity contribution in [1.29, 1.82) is 0 Å². The molecule has 6 nitrogen and oxygen atoms in total. The zero-order valence-electron chi connectivity index (χ0n) is 21.5. The molecule has 6 aliphatic rings. The molecule has 37 heavy (non-hydrogen) atoms. The van der Waals surface area contributed by atoms with Crippen molar-refractivity contribution < 1.29 is 14.9 Å². The van der Waals surface area contributed by atoms with Crippen LogP contribution in [0.3, 0.4) is 0 Å². The van der Waals surface area contributed by atoms with Gasteiger partial charge in [-0.1, -0.05) is 31.2 Å². The van der Waals surface area contributed by atoms with E-state index in [1.165, 1.54) is 28.3 Å². The van der Waals surface area contributed by atoms with E-state index < -0.39 is 17.8 Å². The quantitative estimate of drug-likeness (QED) is 0.587. The highest BCUT2D eigenvalue weighted by atomic mass is 16.5. The highest BCUT2D eigenvalue weighted by Gasteiger charge is 2.68. The minimum Gasteiger partial charge on any atom is -0.388 e. The lowest BCUT2D eigenvalue weighted by atomic mass is 9.58. The molecule has 0 radical (unpaired) electrons. The van der Waals surface area contributed by atoms with E-state index in [1.54, 1.807) is 0 Å². The Kier molecular flexibility index (Phi) is 4.64. The Morgan fingerprint density at radius 2 is 1.97 bits per heavy atom. The van der Waals surface area contributed by atoms with Gasteiger partial charge in [-0.25, -0.2) is 0 Å². The maximum Gasteiger partial charge on any atom is 0.105 e. The Labute approximate surface area is 218 Å². The van der Waals surface area contributed by atoms with E-state index in [2.05, 4.69) is 53.2 Å². The van der Waals surface area contributed by atoms with Crippen LogP contribution >= 0.6 is 0 Å². The Balaban J connectivity index is 1.17. The molecular weight excluding hydrogens is 462 g/mol. The van der Waals surface area contributed by atoms with Gasteiger partial charge in [0, 0.05) is 43.0 Å². The molecule has 8 rings (SSSR count). The van der Waals surface area contributed by atoms with Crippen LogP contribution in [0.2, 0.25) is 0 Å². The second-order valence-electron chi connectivity index (χ2n) is 13.0. The lowest BCUT2D eigenvalue weighted by Gasteiger charge is -2.57. The summed E-state index contributed by atoms with van der Waals surface area (Å²) in [4.78, 5) is 6.61. The van der Waals surface area contributed by atoms with Gasteiger partial charge < -0.3 is 20.7 Å². The normalized spacial score (nSPS) is 45.0. The number of aliphatic hydroxyl groups is 2. The maximum absolute atomic E-state index is 11.3. The molecule has 3 aliphatic carbocycles. The van der Waals surface area contributed by atoms with Gasteiger partial charge in [-0.3, -0.25) is 9.88 Å². The molecule has 2 saturated heterocycles. The fourth-order valence-electron chi connectivity index (χ4n) is 9.46. The number of allylic oxidation sites excluding steroid dienone is 1. The Morgan fingerprint density at radius 1 is 1.11 bits per heavy atom. The lowest BCUT2D eigenvalue weighted by Crippen LogP contribution is -2.68. The van der Waals surface area contributed by atoms with Gasteiger partial charge in [-0.05, 0) is 90.0 Å². The Morgan fingerprint density at radius 3 is 2.81 bits per heavy atom. The lowest BCUT2D eigenvalue weighted by molar-refractivity contribution is -0.173. The van der Waals surface area contributed by atoms with Crippen molar-refractivity contribution in [3.63, 3.8) is 0 Å². The Bertz CT molecular complexity index is 1350. The smallest absolute Gasteiger partial charge is 0.105 e. The largest absolute Gasteiger partial charge is 0.388 e. The Hall–Kier alpha value is -2.09. The van der Waals surface area contributed by atoms with E-state index in [4.69, 9.17) is 10.5 Å². The summed E-state index contributed by atoms with van der Waals surface area (Å²) in [6, 6.07) is 9.07. The van der Waals surface area contributed by atoms with E-state index in [9.17, 15) is 10.2 Å². The molecule has 0 amide bonds. The summed E-state index contributed by atoms with van der Waals surface area (Å²) in [7, 11) is 0. The minimum atomic E-state index is -0.886. The highest BCUT2D eigenvalue weighted by molar-refractivity contribution is 5.82. The number of aromatic nitrogens is 1. The van der Waals surface area contributed by atoms with E-state index in [0.29, 0.717) is 11.8 Å². The van der Waals surface area contributed by atoms with Crippen molar-refractivity contribution in [1.82, 2.24) is 9.88 Å². The maximum atomic E-state index is 11.3. The monoisotopic (exact) mass is 499 g/mol. The van der Waals surface area contributed by atoms with Crippen LogP contribution in [-0.2, 0) is 4.74 Å². The highest BCUT2D eigenvalue weighted by Crippen LogP contribution is 2.69. The fraction of sp³-hybridized carbons (Fsp3) is 0.581. The molecule has 1 unspecified atom stereocenters. The second-order valence-corrected chi connectivity index (χ2v) is 13.0. The molecule has 2 spiro atoms. The van der Waals surface area contributed by atoms with Crippen molar-refractivity contribution in [2.24, 2.45) is 17.1 Å². The molecule has 2 saturated carbocycles. The summed E-state index contributed by atoms with van der Waals surface area (Å²) in [6.07, 6.45) is 12.8. The average molecular weight is 500 g/mol. The number of benzene rings is 1. The van der Waals surface area contributed by atoms with Crippen LogP contribution in [0.5, 0.6) is 0 Å². The van der Waals surface area contributed by atoms with Crippen LogP contribution < -0.4 is 5.73 Å². The first kappa shape index (κ1) is 22.9. The molecule has 1 aromatic heterocycles. The molecular formula is C31H37N3O3. The first-order valence-electron chi connectivity index (χ1n) is 14.2. The van der Waals surface area contributed by atoms with Crippen LogP contribution in [0.4, 0.5) is 0 Å². The fourth-order valence-corrected chi connectivity index (χ4v) is 9.46. The zero-order chi connectivity index (χ0) is 25.2.